The lowest BCUT2D eigenvalue weighted by Crippen LogP contribution is -2.41. The number of rotatable bonds is 5. The van der Waals surface area contributed by atoms with Crippen molar-refractivity contribution in [2.75, 3.05) is 26.5 Å². The normalized spacial score (nSPS) is 14.9. The molecule has 7 nitrogen and oxygen atoms in total. The average Bonchev–Trinajstić information content (AvgIpc) is 3.40. The standard InChI is InChI=1S/C30H28ClFN4O3/c1-16-24(33-28(37)22-15-35(3)17(2)36(4)30(22)38)13-12-23(32)26(16)21-11-7-10-20(27(21)31)25-14-18-8-6-9-19(18)29(34-25)39-5/h7,10-15H,2,6,8-9H2,1,3-5H3,(H,33,37). The third kappa shape index (κ3) is 4.55. The van der Waals surface area contributed by atoms with Crippen molar-refractivity contribution >= 4 is 29.1 Å². The van der Waals surface area contributed by atoms with Crippen LogP contribution in [-0.2, 0) is 22.4 Å². The first-order chi connectivity index (χ1) is 18.6. The van der Waals surface area contributed by atoms with Crippen LogP contribution in [0.2, 0.25) is 5.02 Å². The molecule has 9 heteroatoms. The molecule has 3 aromatic rings. The molecule has 1 N–H and O–H groups in total. The van der Waals surface area contributed by atoms with Crippen LogP contribution in [0.3, 0.4) is 0 Å². The number of likely N-dealkylation sites (N-methyl/N-ethyl adjacent to an activating group) is 1. The Kier molecular flexibility index (Phi) is 6.91. The van der Waals surface area contributed by atoms with Crippen LogP contribution >= 0.6 is 11.6 Å². The van der Waals surface area contributed by atoms with Gasteiger partial charge in [-0.3, -0.25) is 14.5 Å². The molecule has 1 aliphatic heterocycles. The second kappa shape index (κ2) is 10.2. The van der Waals surface area contributed by atoms with Crippen LogP contribution in [0, 0.1) is 12.7 Å². The average molecular weight is 547 g/mol. The number of anilines is 1. The summed E-state index contributed by atoms with van der Waals surface area (Å²) in [5, 5.41) is 3.10. The van der Waals surface area contributed by atoms with E-state index in [2.05, 4.69) is 11.9 Å². The molecule has 0 unspecified atom stereocenters. The van der Waals surface area contributed by atoms with Crippen LogP contribution in [-0.4, -0.2) is 47.8 Å². The monoisotopic (exact) mass is 546 g/mol. The minimum atomic E-state index is -0.610. The first kappa shape index (κ1) is 26.4. The van der Waals surface area contributed by atoms with Crippen LogP contribution < -0.4 is 10.1 Å². The van der Waals surface area contributed by atoms with Gasteiger partial charge in [0.25, 0.3) is 11.8 Å². The highest BCUT2D eigenvalue weighted by Crippen LogP contribution is 2.42. The van der Waals surface area contributed by atoms with Crippen molar-refractivity contribution in [2.45, 2.75) is 26.2 Å². The summed E-state index contributed by atoms with van der Waals surface area (Å²) in [5.41, 5.74) is 5.08. The maximum absolute atomic E-state index is 15.3. The summed E-state index contributed by atoms with van der Waals surface area (Å²) in [6.07, 6.45) is 4.33. The maximum atomic E-state index is 15.3. The minimum absolute atomic E-state index is 0.0608. The largest absolute Gasteiger partial charge is 0.481 e. The molecule has 200 valence electrons. The quantitative estimate of drug-likeness (QED) is 0.415. The number of methoxy groups -OCH3 is 1. The van der Waals surface area contributed by atoms with Crippen molar-refractivity contribution in [1.82, 2.24) is 14.8 Å². The second-order valence-corrected chi connectivity index (χ2v) is 10.0. The van der Waals surface area contributed by atoms with Crippen molar-refractivity contribution in [2.24, 2.45) is 0 Å². The van der Waals surface area contributed by atoms with Crippen molar-refractivity contribution in [1.29, 1.82) is 0 Å². The van der Waals surface area contributed by atoms with Gasteiger partial charge in [0.05, 0.1) is 17.8 Å². The number of amides is 2. The third-order valence-electron chi connectivity index (χ3n) is 7.35. The number of halogens is 2. The molecule has 2 amide bonds. The van der Waals surface area contributed by atoms with E-state index in [1.807, 2.05) is 12.1 Å². The SMILES string of the molecule is C=C1N(C)C=C(C(=O)Nc2ccc(F)c(-c3cccc(-c4cc5c(c(OC)n4)CCC5)c3Cl)c2C)C(=O)N1C. The molecule has 1 aliphatic carbocycles. The molecule has 1 aromatic heterocycles. The van der Waals surface area contributed by atoms with E-state index in [0.717, 1.165) is 24.8 Å². The topological polar surface area (TPSA) is 74.8 Å². The van der Waals surface area contributed by atoms with Gasteiger partial charge < -0.3 is 15.0 Å². The first-order valence-electron chi connectivity index (χ1n) is 12.5. The highest BCUT2D eigenvalue weighted by molar-refractivity contribution is 6.36. The summed E-state index contributed by atoms with van der Waals surface area (Å²) in [5.74, 6) is -0.556. The number of nitrogens with one attached hydrogen (secondary N) is 1. The third-order valence-corrected chi connectivity index (χ3v) is 7.76. The number of aryl methyl sites for hydroxylation is 1. The van der Waals surface area contributed by atoms with E-state index in [1.54, 1.807) is 45.2 Å². The Hall–Kier alpha value is -4.17. The molecule has 2 aromatic carbocycles. The van der Waals surface area contributed by atoms with Crippen molar-refractivity contribution in [3.8, 4) is 28.3 Å². The zero-order valence-corrected chi connectivity index (χ0v) is 22.9. The fourth-order valence-electron chi connectivity index (χ4n) is 5.12. The number of pyridine rings is 1. The Labute approximate surface area is 231 Å². The molecule has 0 saturated heterocycles. The van der Waals surface area contributed by atoms with E-state index in [9.17, 15) is 9.59 Å². The fraction of sp³-hybridized carbons (Fsp3) is 0.233. The number of hydrogen-bond acceptors (Lipinski definition) is 5. The number of aromatic nitrogens is 1. The van der Waals surface area contributed by atoms with Crippen molar-refractivity contribution < 1.29 is 18.7 Å². The molecular weight excluding hydrogens is 519 g/mol. The Morgan fingerprint density at radius 2 is 1.92 bits per heavy atom. The van der Waals surface area contributed by atoms with E-state index in [0.29, 0.717) is 44.8 Å². The van der Waals surface area contributed by atoms with Crippen LogP contribution in [0.5, 0.6) is 5.88 Å². The number of benzene rings is 2. The number of carbonyl (C=O) groups is 2. The number of hydrogen-bond donors (Lipinski definition) is 1. The zero-order valence-electron chi connectivity index (χ0n) is 22.2. The molecule has 0 radical (unpaired) electrons. The molecule has 39 heavy (non-hydrogen) atoms. The summed E-state index contributed by atoms with van der Waals surface area (Å²) in [7, 11) is 4.84. The summed E-state index contributed by atoms with van der Waals surface area (Å²) in [6.45, 7) is 5.53. The molecule has 0 atom stereocenters. The minimum Gasteiger partial charge on any atom is -0.481 e. The van der Waals surface area contributed by atoms with Crippen LogP contribution in [0.15, 0.2) is 60.6 Å². The van der Waals surface area contributed by atoms with E-state index < -0.39 is 17.6 Å². The number of fused-ring (bicyclic) bond motifs is 1. The highest BCUT2D eigenvalue weighted by Gasteiger charge is 2.30. The van der Waals surface area contributed by atoms with Crippen molar-refractivity contribution in [3.05, 3.63) is 88.1 Å². The predicted octanol–water partition coefficient (Wildman–Crippen LogP) is 5.71. The van der Waals surface area contributed by atoms with E-state index >= 15 is 4.39 Å². The number of ether oxygens (including phenoxy) is 1. The van der Waals surface area contributed by atoms with E-state index in [1.165, 1.54) is 28.8 Å². The summed E-state index contributed by atoms with van der Waals surface area (Å²) in [6, 6.07) is 10.1. The van der Waals surface area contributed by atoms with Gasteiger partial charge in [-0.05, 0) is 55.5 Å². The molecular formula is C30H28ClFN4O3. The van der Waals surface area contributed by atoms with Crippen molar-refractivity contribution in [3.63, 3.8) is 0 Å². The molecule has 2 heterocycles. The highest BCUT2D eigenvalue weighted by atomic mass is 35.5. The van der Waals surface area contributed by atoms with Crippen LogP contribution in [0.25, 0.3) is 22.4 Å². The lowest BCUT2D eigenvalue weighted by atomic mass is 9.95. The van der Waals surface area contributed by atoms with Gasteiger partial charge in [-0.25, -0.2) is 9.37 Å². The Morgan fingerprint density at radius 1 is 1.18 bits per heavy atom. The Bertz CT molecular complexity index is 1580. The van der Waals surface area contributed by atoms with Gasteiger partial charge in [0.2, 0.25) is 5.88 Å². The molecule has 0 spiro atoms. The van der Waals surface area contributed by atoms with Crippen LogP contribution in [0.4, 0.5) is 10.1 Å². The second-order valence-electron chi connectivity index (χ2n) is 9.66. The number of nitrogens with zero attached hydrogens (tertiary/aromatic N) is 3. The summed E-state index contributed by atoms with van der Waals surface area (Å²) < 4.78 is 20.9. The summed E-state index contributed by atoms with van der Waals surface area (Å²) >= 11 is 6.91. The molecule has 0 fully saturated rings. The molecule has 2 aliphatic rings. The van der Waals surface area contributed by atoms with Gasteiger partial charge in [0, 0.05) is 48.2 Å². The molecule has 0 bridgehead atoms. The van der Waals surface area contributed by atoms with Gasteiger partial charge in [-0.2, -0.15) is 0 Å². The first-order valence-corrected chi connectivity index (χ1v) is 12.9. The van der Waals surface area contributed by atoms with Gasteiger partial charge in [-0.1, -0.05) is 36.4 Å². The lowest BCUT2D eigenvalue weighted by molar-refractivity contribution is -0.128. The van der Waals surface area contributed by atoms with Gasteiger partial charge in [0.1, 0.15) is 17.2 Å². The smallest absolute Gasteiger partial charge is 0.266 e. The lowest BCUT2D eigenvalue weighted by Gasteiger charge is -2.31. The Balaban J connectivity index is 1.54. The zero-order chi connectivity index (χ0) is 28.0. The fourth-order valence-corrected chi connectivity index (χ4v) is 5.44. The van der Waals surface area contributed by atoms with Gasteiger partial charge in [-0.15, -0.1) is 0 Å². The maximum Gasteiger partial charge on any atom is 0.266 e. The van der Waals surface area contributed by atoms with Gasteiger partial charge in [0.15, 0.2) is 0 Å². The van der Waals surface area contributed by atoms with Crippen LogP contribution in [0.1, 0.15) is 23.1 Å². The molecule has 5 rings (SSSR count). The molecule has 0 saturated carbocycles. The Morgan fingerprint density at radius 3 is 2.67 bits per heavy atom. The van der Waals surface area contributed by atoms with E-state index in [4.69, 9.17) is 21.3 Å². The predicted molar refractivity (Wildman–Crippen MR) is 150 cm³/mol. The van der Waals surface area contributed by atoms with E-state index in [-0.39, 0.29) is 11.1 Å². The van der Waals surface area contributed by atoms with Gasteiger partial charge >= 0.3 is 0 Å². The summed E-state index contributed by atoms with van der Waals surface area (Å²) in [4.78, 5) is 33.4. The number of carbonyl (C=O) groups excluding carboxylic acids is 2.